The van der Waals surface area contributed by atoms with Crippen LogP contribution in [-0.2, 0) is 0 Å². The summed E-state index contributed by atoms with van der Waals surface area (Å²) >= 11 is 0. The fraction of sp³-hybridized carbons (Fsp3) is 1.00. The highest BCUT2D eigenvalue weighted by Crippen LogP contribution is 2.10. The minimum atomic E-state index is 0. The van der Waals surface area contributed by atoms with Gasteiger partial charge in [-0.2, -0.15) is 0 Å². The van der Waals surface area contributed by atoms with Crippen LogP contribution >= 0.6 is 0 Å². The minimum Gasteiger partial charge on any atom is -0.304 e. The van der Waals surface area contributed by atoms with Crippen LogP contribution in [0, 0.1) is 0 Å². The second-order valence-electron chi connectivity index (χ2n) is 9.41. The third-order valence-electron chi connectivity index (χ3n) is 6.75. The Bertz CT molecular complexity index is 384. The summed E-state index contributed by atoms with van der Waals surface area (Å²) in [5.41, 5.74) is 0. The molecule has 0 N–H and O–H groups in total. The molecule has 3 heterocycles. The van der Waals surface area contributed by atoms with Crippen LogP contribution in [0.2, 0.25) is 0 Å². The van der Waals surface area contributed by atoms with Crippen molar-refractivity contribution in [3.8, 4) is 0 Å². The van der Waals surface area contributed by atoms with E-state index in [1.165, 1.54) is 65.4 Å². The number of rotatable bonds is 1. The van der Waals surface area contributed by atoms with Crippen molar-refractivity contribution in [1.82, 2.24) is 29.4 Å². The van der Waals surface area contributed by atoms with Crippen molar-refractivity contribution in [2.75, 3.05) is 101 Å². The number of piperazine rings is 3. The van der Waals surface area contributed by atoms with Gasteiger partial charge in [-0.3, -0.25) is 4.90 Å². The van der Waals surface area contributed by atoms with Gasteiger partial charge in [0.2, 0.25) is 0 Å². The number of likely N-dealkylation sites (N-methyl/N-ethyl adjacent to an activating group) is 6. The standard InChI is InChI=1S/C8H18N2.2C7H16N2.2CH4/c1-7-5-9(3)6-8(2)10(7)4;1-7-6-8(2)4-5-9(7)3;1-3-9-6-4-8(2)5-7-9;;/h7-8H,5-6H2,1-4H3;7H,4-6H2,1-3H3;3-7H2,1-2H3;2*1H4. The normalized spacial score (nSPS) is 30.1. The van der Waals surface area contributed by atoms with Gasteiger partial charge in [0.15, 0.2) is 0 Å². The third-order valence-corrected chi connectivity index (χ3v) is 6.75. The Balaban J connectivity index is 0. The van der Waals surface area contributed by atoms with Crippen LogP contribution in [0.1, 0.15) is 42.5 Å². The molecule has 6 nitrogen and oxygen atoms in total. The van der Waals surface area contributed by atoms with E-state index in [-0.39, 0.29) is 14.9 Å². The van der Waals surface area contributed by atoms with E-state index in [0.717, 1.165) is 6.04 Å². The van der Waals surface area contributed by atoms with Gasteiger partial charge >= 0.3 is 0 Å². The molecule has 0 spiro atoms. The highest BCUT2D eigenvalue weighted by atomic mass is 15.3. The molecule has 0 bridgehead atoms. The van der Waals surface area contributed by atoms with Crippen molar-refractivity contribution in [1.29, 1.82) is 0 Å². The molecule has 0 aliphatic carbocycles. The molecule has 3 fully saturated rings. The Morgan fingerprint density at radius 2 is 1.00 bits per heavy atom. The molecule has 3 rings (SSSR count). The van der Waals surface area contributed by atoms with Crippen LogP contribution in [-0.4, -0.2) is 148 Å². The first kappa shape index (κ1) is 31.9. The number of hydrogen-bond acceptors (Lipinski definition) is 6. The van der Waals surface area contributed by atoms with Crippen molar-refractivity contribution in [2.24, 2.45) is 0 Å². The van der Waals surface area contributed by atoms with Gasteiger partial charge in [-0.25, -0.2) is 0 Å². The first-order valence-corrected chi connectivity index (χ1v) is 11.3. The van der Waals surface area contributed by atoms with E-state index in [9.17, 15) is 0 Å². The van der Waals surface area contributed by atoms with Gasteiger partial charge in [0.1, 0.15) is 0 Å². The highest BCUT2D eigenvalue weighted by Gasteiger charge is 2.23. The summed E-state index contributed by atoms with van der Waals surface area (Å²) in [6.07, 6.45) is 0. The summed E-state index contributed by atoms with van der Waals surface area (Å²) in [5.74, 6) is 0. The van der Waals surface area contributed by atoms with Gasteiger partial charge in [-0.15, -0.1) is 0 Å². The zero-order valence-electron chi connectivity index (χ0n) is 20.5. The molecule has 0 aromatic heterocycles. The van der Waals surface area contributed by atoms with E-state index < -0.39 is 0 Å². The average Bonchev–Trinajstić information content (AvgIpc) is 2.65. The molecule has 0 amide bonds. The molecule has 0 aromatic rings. The number of hydrogen-bond donors (Lipinski definition) is 0. The Kier molecular flexibility index (Phi) is 17.5. The molecule has 3 atom stereocenters. The minimum absolute atomic E-state index is 0. The van der Waals surface area contributed by atoms with E-state index in [1.807, 2.05) is 0 Å². The van der Waals surface area contributed by atoms with Gasteiger partial charge in [-0.1, -0.05) is 21.8 Å². The lowest BCUT2D eigenvalue weighted by molar-refractivity contribution is 0.0761. The van der Waals surface area contributed by atoms with Crippen LogP contribution < -0.4 is 0 Å². The van der Waals surface area contributed by atoms with Crippen molar-refractivity contribution in [3.63, 3.8) is 0 Å². The first-order valence-electron chi connectivity index (χ1n) is 11.3. The van der Waals surface area contributed by atoms with Crippen molar-refractivity contribution in [2.45, 2.75) is 60.7 Å². The Morgan fingerprint density at radius 1 is 0.567 bits per heavy atom. The summed E-state index contributed by atoms with van der Waals surface area (Å²) in [6, 6.07) is 2.17. The lowest BCUT2D eigenvalue weighted by Crippen LogP contribution is -2.53. The van der Waals surface area contributed by atoms with Crippen molar-refractivity contribution < 1.29 is 0 Å². The molecule has 6 heteroatoms. The van der Waals surface area contributed by atoms with Crippen LogP contribution in [0.4, 0.5) is 0 Å². The summed E-state index contributed by atoms with van der Waals surface area (Å²) in [6.45, 7) is 21.4. The van der Waals surface area contributed by atoms with E-state index in [2.05, 4.69) is 92.3 Å². The van der Waals surface area contributed by atoms with Gasteiger partial charge in [0.05, 0.1) is 0 Å². The van der Waals surface area contributed by atoms with E-state index in [1.54, 1.807) is 0 Å². The van der Waals surface area contributed by atoms with Gasteiger partial charge in [-0.05, 0) is 62.6 Å². The predicted molar refractivity (Wildman–Crippen MR) is 137 cm³/mol. The summed E-state index contributed by atoms with van der Waals surface area (Å²) < 4.78 is 0. The lowest BCUT2D eigenvalue weighted by Gasteiger charge is -2.40. The van der Waals surface area contributed by atoms with E-state index >= 15 is 0 Å². The van der Waals surface area contributed by atoms with Crippen LogP contribution in [0.25, 0.3) is 0 Å². The second-order valence-corrected chi connectivity index (χ2v) is 9.41. The highest BCUT2D eigenvalue weighted by molar-refractivity contribution is 4.80. The molecule has 0 aromatic carbocycles. The molecule has 30 heavy (non-hydrogen) atoms. The van der Waals surface area contributed by atoms with Gasteiger partial charge in [0.25, 0.3) is 0 Å². The molecule has 184 valence electrons. The monoisotopic (exact) mass is 430 g/mol. The number of nitrogens with zero attached hydrogens (tertiary/aromatic N) is 6. The van der Waals surface area contributed by atoms with Gasteiger partial charge in [0, 0.05) is 77.0 Å². The van der Waals surface area contributed by atoms with Crippen molar-refractivity contribution in [3.05, 3.63) is 0 Å². The Labute approximate surface area is 191 Å². The third kappa shape index (κ3) is 12.0. The fourth-order valence-electron chi connectivity index (χ4n) is 4.06. The maximum atomic E-state index is 2.49. The van der Waals surface area contributed by atoms with Gasteiger partial charge < -0.3 is 24.5 Å². The largest absolute Gasteiger partial charge is 0.304 e. The maximum Gasteiger partial charge on any atom is 0.0195 e. The van der Waals surface area contributed by atoms with Crippen molar-refractivity contribution >= 4 is 0 Å². The molecule has 3 unspecified atom stereocenters. The lowest BCUT2D eigenvalue weighted by atomic mass is 10.1. The van der Waals surface area contributed by atoms with E-state index in [0.29, 0.717) is 12.1 Å². The molecule has 3 saturated heterocycles. The summed E-state index contributed by atoms with van der Waals surface area (Å²) in [7, 11) is 11.0. The molecular formula is C24H58N6. The van der Waals surface area contributed by atoms with Crippen LogP contribution in [0.5, 0.6) is 0 Å². The predicted octanol–water partition coefficient (Wildman–Crippen LogP) is 2.42. The average molecular weight is 431 g/mol. The molecule has 3 aliphatic rings. The fourth-order valence-corrected chi connectivity index (χ4v) is 4.06. The maximum absolute atomic E-state index is 2.49. The molecule has 0 radical (unpaired) electrons. The molecular weight excluding hydrogens is 372 g/mol. The Hall–Kier alpha value is -0.240. The topological polar surface area (TPSA) is 19.4 Å². The Morgan fingerprint density at radius 3 is 1.40 bits per heavy atom. The van der Waals surface area contributed by atoms with Crippen LogP contribution in [0.15, 0.2) is 0 Å². The zero-order chi connectivity index (χ0) is 21.3. The smallest absolute Gasteiger partial charge is 0.0195 e. The molecule has 3 aliphatic heterocycles. The summed E-state index contributed by atoms with van der Waals surface area (Å²) in [5, 5.41) is 0. The van der Waals surface area contributed by atoms with E-state index in [4.69, 9.17) is 0 Å². The summed E-state index contributed by atoms with van der Waals surface area (Å²) in [4.78, 5) is 14.5. The first-order chi connectivity index (χ1) is 13.1. The quantitative estimate of drug-likeness (QED) is 0.632. The molecule has 0 saturated carbocycles. The zero-order valence-corrected chi connectivity index (χ0v) is 20.5. The van der Waals surface area contributed by atoms with Crippen LogP contribution in [0.3, 0.4) is 0 Å². The SMILES string of the molecule is C.C.CC1CN(C)CC(C)N1C.CC1CN(C)CCN1C.CCN1CCN(C)CC1. The second kappa shape index (κ2) is 16.4.